The predicted molar refractivity (Wildman–Crippen MR) is 79.2 cm³/mol. The number of benzene rings is 1. The largest absolute Gasteiger partial charge is 0.383 e. The summed E-state index contributed by atoms with van der Waals surface area (Å²) in [7, 11) is 1.77. The van der Waals surface area contributed by atoms with Gasteiger partial charge in [0.1, 0.15) is 0 Å². The molecule has 0 aliphatic heterocycles. The Hall–Kier alpha value is -0.900. The van der Waals surface area contributed by atoms with Crippen LogP contribution in [0, 0.1) is 0 Å². The molecule has 1 atom stereocenters. The zero-order valence-corrected chi connectivity index (χ0v) is 11.9. The quantitative estimate of drug-likeness (QED) is 0.820. The number of rotatable bonds is 7. The molecule has 0 amide bonds. The van der Waals surface area contributed by atoms with Crippen LogP contribution >= 0.6 is 11.3 Å². The van der Waals surface area contributed by atoms with E-state index >= 15 is 0 Å². The molecule has 98 valence electrons. The Labute approximate surface area is 113 Å². The van der Waals surface area contributed by atoms with E-state index in [1.165, 1.54) is 22.1 Å². The molecule has 0 aliphatic carbocycles. The van der Waals surface area contributed by atoms with Crippen LogP contribution in [-0.4, -0.2) is 19.8 Å². The summed E-state index contributed by atoms with van der Waals surface area (Å²) >= 11 is 1.82. The minimum atomic E-state index is 0.457. The Kier molecular flexibility index (Phi) is 5.17. The van der Waals surface area contributed by atoms with Crippen molar-refractivity contribution in [2.75, 3.05) is 13.7 Å². The van der Waals surface area contributed by atoms with Crippen molar-refractivity contribution in [3.8, 4) is 0 Å². The minimum Gasteiger partial charge on any atom is -0.383 e. The lowest BCUT2D eigenvalue weighted by Gasteiger charge is -2.16. The molecule has 3 heteroatoms. The molecule has 1 unspecified atom stereocenters. The van der Waals surface area contributed by atoms with Gasteiger partial charge >= 0.3 is 0 Å². The van der Waals surface area contributed by atoms with E-state index in [0.717, 1.165) is 19.6 Å². The third-order valence-electron chi connectivity index (χ3n) is 3.15. The molecule has 2 nitrogen and oxygen atoms in total. The second-order valence-corrected chi connectivity index (χ2v) is 5.49. The first-order valence-corrected chi connectivity index (χ1v) is 7.40. The van der Waals surface area contributed by atoms with Crippen LogP contribution in [0.2, 0.25) is 0 Å². The highest BCUT2D eigenvalue weighted by Crippen LogP contribution is 2.25. The van der Waals surface area contributed by atoms with Crippen LogP contribution in [0.5, 0.6) is 0 Å². The van der Waals surface area contributed by atoms with Gasteiger partial charge in [-0.25, -0.2) is 0 Å². The third-order valence-corrected chi connectivity index (χ3v) is 4.16. The summed E-state index contributed by atoms with van der Waals surface area (Å²) in [5.74, 6) is 0. The molecule has 0 radical (unpaired) electrons. The van der Waals surface area contributed by atoms with Crippen molar-refractivity contribution in [3.05, 3.63) is 35.2 Å². The highest BCUT2D eigenvalue weighted by molar-refractivity contribution is 7.17. The van der Waals surface area contributed by atoms with Crippen LogP contribution < -0.4 is 5.32 Å². The van der Waals surface area contributed by atoms with Gasteiger partial charge in [-0.3, -0.25) is 0 Å². The minimum absolute atomic E-state index is 0.457. The maximum absolute atomic E-state index is 5.25. The molecule has 18 heavy (non-hydrogen) atoms. The number of fused-ring (bicyclic) bond motifs is 1. The van der Waals surface area contributed by atoms with Crippen LogP contribution in [0.3, 0.4) is 0 Å². The number of hydrogen-bond acceptors (Lipinski definition) is 3. The third kappa shape index (κ3) is 3.31. The molecule has 0 aliphatic rings. The highest BCUT2D eigenvalue weighted by Gasteiger charge is 2.08. The Morgan fingerprint density at radius 1 is 1.33 bits per heavy atom. The fourth-order valence-electron chi connectivity index (χ4n) is 2.22. The van der Waals surface area contributed by atoms with Gasteiger partial charge in [-0.2, -0.15) is 0 Å². The van der Waals surface area contributed by atoms with Crippen LogP contribution in [0.15, 0.2) is 29.6 Å². The summed E-state index contributed by atoms with van der Waals surface area (Å²) in [5, 5.41) is 7.23. The number of thiophene rings is 1. The predicted octanol–water partition coefficient (Wildman–Crippen LogP) is 3.81. The SMILES string of the molecule is CCCC(COC)NCc1csc2ccccc12. The van der Waals surface area contributed by atoms with Gasteiger partial charge in [-0.1, -0.05) is 31.5 Å². The lowest BCUT2D eigenvalue weighted by molar-refractivity contribution is 0.161. The van der Waals surface area contributed by atoms with Crippen molar-refractivity contribution in [1.29, 1.82) is 0 Å². The maximum atomic E-state index is 5.25. The molecule has 1 aromatic carbocycles. The van der Waals surface area contributed by atoms with Gasteiger partial charge < -0.3 is 10.1 Å². The second-order valence-electron chi connectivity index (χ2n) is 4.58. The summed E-state index contributed by atoms with van der Waals surface area (Å²) in [6, 6.07) is 9.05. The van der Waals surface area contributed by atoms with Crippen LogP contribution in [0.4, 0.5) is 0 Å². The van der Waals surface area contributed by atoms with Gasteiger partial charge in [0.15, 0.2) is 0 Å². The van der Waals surface area contributed by atoms with Crippen molar-refractivity contribution in [2.45, 2.75) is 32.4 Å². The summed E-state index contributed by atoms with van der Waals surface area (Å²) in [6.45, 7) is 3.93. The van der Waals surface area contributed by atoms with E-state index in [9.17, 15) is 0 Å². The summed E-state index contributed by atoms with van der Waals surface area (Å²) in [5.41, 5.74) is 1.40. The lowest BCUT2D eigenvalue weighted by Crippen LogP contribution is -2.32. The number of hydrogen-bond donors (Lipinski definition) is 1. The van der Waals surface area contributed by atoms with Gasteiger partial charge in [0.25, 0.3) is 0 Å². The molecule has 0 spiro atoms. The van der Waals surface area contributed by atoms with E-state index in [1.54, 1.807) is 7.11 Å². The van der Waals surface area contributed by atoms with E-state index < -0.39 is 0 Å². The zero-order valence-electron chi connectivity index (χ0n) is 11.1. The van der Waals surface area contributed by atoms with Crippen molar-refractivity contribution in [1.82, 2.24) is 5.32 Å². The van der Waals surface area contributed by atoms with E-state index in [1.807, 2.05) is 11.3 Å². The van der Waals surface area contributed by atoms with Crippen molar-refractivity contribution in [3.63, 3.8) is 0 Å². The van der Waals surface area contributed by atoms with Crippen LogP contribution in [0.25, 0.3) is 10.1 Å². The molecule has 0 bridgehead atoms. The van der Waals surface area contributed by atoms with Crippen molar-refractivity contribution < 1.29 is 4.74 Å². The molecule has 1 aromatic heterocycles. The first-order valence-electron chi connectivity index (χ1n) is 6.52. The Morgan fingerprint density at radius 2 is 2.17 bits per heavy atom. The molecule has 0 saturated heterocycles. The maximum Gasteiger partial charge on any atom is 0.0615 e. The average molecular weight is 263 g/mol. The first-order chi connectivity index (χ1) is 8.85. The topological polar surface area (TPSA) is 21.3 Å². The summed E-state index contributed by atoms with van der Waals surface area (Å²) in [6.07, 6.45) is 2.35. The first kappa shape index (κ1) is 13.5. The summed E-state index contributed by atoms with van der Waals surface area (Å²) in [4.78, 5) is 0. The summed E-state index contributed by atoms with van der Waals surface area (Å²) < 4.78 is 6.62. The number of ether oxygens (including phenoxy) is 1. The molecular weight excluding hydrogens is 242 g/mol. The molecule has 2 rings (SSSR count). The van der Waals surface area contributed by atoms with Crippen molar-refractivity contribution >= 4 is 21.4 Å². The average Bonchev–Trinajstić information content (AvgIpc) is 2.80. The number of methoxy groups -OCH3 is 1. The van der Waals surface area contributed by atoms with Crippen LogP contribution in [0.1, 0.15) is 25.3 Å². The van der Waals surface area contributed by atoms with Gasteiger partial charge in [-0.05, 0) is 28.8 Å². The van der Waals surface area contributed by atoms with Gasteiger partial charge in [0.05, 0.1) is 6.61 Å². The van der Waals surface area contributed by atoms with E-state index in [-0.39, 0.29) is 0 Å². The number of nitrogens with one attached hydrogen (secondary N) is 1. The molecule has 2 aromatic rings. The Bertz CT molecular complexity index is 474. The fourth-order valence-corrected chi connectivity index (χ4v) is 3.18. The standard InChI is InChI=1S/C15H21NOS/c1-3-6-13(10-17-2)16-9-12-11-18-15-8-5-4-7-14(12)15/h4-5,7-8,11,13,16H,3,6,9-10H2,1-2H3. The molecule has 0 saturated carbocycles. The normalized spacial score (nSPS) is 13.0. The molecular formula is C15H21NOS. The fraction of sp³-hybridized carbons (Fsp3) is 0.467. The Balaban J connectivity index is 2.00. The zero-order chi connectivity index (χ0) is 12.8. The van der Waals surface area contributed by atoms with Crippen molar-refractivity contribution in [2.24, 2.45) is 0 Å². The van der Waals surface area contributed by atoms with Gasteiger partial charge in [-0.15, -0.1) is 11.3 Å². The van der Waals surface area contributed by atoms with E-state index in [2.05, 4.69) is 41.9 Å². The lowest BCUT2D eigenvalue weighted by atomic mass is 10.1. The smallest absolute Gasteiger partial charge is 0.0615 e. The van der Waals surface area contributed by atoms with Gasteiger partial charge in [0.2, 0.25) is 0 Å². The van der Waals surface area contributed by atoms with Gasteiger partial charge in [0, 0.05) is 24.4 Å². The highest BCUT2D eigenvalue weighted by atomic mass is 32.1. The second kappa shape index (κ2) is 6.88. The monoisotopic (exact) mass is 263 g/mol. The molecule has 1 heterocycles. The molecule has 0 fully saturated rings. The van der Waals surface area contributed by atoms with E-state index in [0.29, 0.717) is 6.04 Å². The Morgan fingerprint density at radius 3 is 2.94 bits per heavy atom. The molecule has 1 N–H and O–H groups in total. The van der Waals surface area contributed by atoms with Crippen LogP contribution in [-0.2, 0) is 11.3 Å². The van der Waals surface area contributed by atoms with E-state index in [4.69, 9.17) is 4.74 Å².